The van der Waals surface area contributed by atoms with E-state index in [1.807, 2.05) is 18.2 Å². The third kappa shape index (κ3) is 3.99. The van der Waals surface area contributed by atoms with E-state index in [0.29, 0.717) is 18.1 Å². The maximum Gasteiger partial charge on any atom is 0.251 e. The number of ether oxygens (including phenoxy) is 1. The summed E-state index contributed by atoms with van der Waals surface area (Å²) >= 11 is 0. The molecule has 0 bridgehead atoms. The molecule has 0 spiro atoms. The van der Waals surface area contributed by atoms with Crippen LogP contribution in [0, 0.1) is 0 Å². The minimum Gasteiger partial charge on any atom is -0.378 e. The molecule has 126 valence electrons. The van der Waals surface area contributed by atoms with Gasteiger partial charge in [-0.25, -0.2) is 4.98 Å². The predicted molar refractivity (Wildman–Crippen MR) is 92.2 cm³/mol. The quantitative estimate of drug-likeness (QED) is 0.861. The van der Waals surface area contributed by atoms with Gasteiger partial charge in [-0.05, 0) is 23.8 Å². The highest BCUT2D eigenvalue weighted by Crippen LogP contribution is 2.14. The molecule has 0 atom stereocenters. The van der Waals surface area contributed by atoms with Crippen LogP contribution >= 0.6 is 0 Å². The molecule has 2 heterocycles. The van der Waals surface area contributed by atoms with Gasteiger partial charge in [0.15, 0.2) is 0 Å². The zero-order valence-corrected chi connectivity index (χ0v) is 13.7. The lowest BCUT2D eigenvalue weighted by Crippen LogP contribution is -2.36. The summed E-state index contributed by atoms with van der Waals surface area (Å²) in [6.45, 7) is 3.74. The largest absolute Gasteiger partial charge is 0.378 e. The van der Waals surface area contributed by atoms with Crippen molar-refractivity contribution in [3.63, 3.8) is 0 Å². The monoisotopic (exact) mass is 327 g/mol. The lowest BCUT2D eigenvalue weighted by molar-refractivity contribution is 0.0963. The molecule has 1 amide bonds. The Morgan fingerprint density at radius 3 is 2.67 bits per heavy atom. The first kappa shape index (κ1) is 16.2. The smallest absolute Gasteiger partial charge is 0.251 e. The summed E-state index contributed by atoms with van der Waals surface area (Å²) in [6, 6.07) is 9.36. The zero-order chi connectivity index (χ0) is 16.8. The van der Waals surface area contributed by atoms with Crippen molar-refractivity contribution in [2.24, 2.45) is 0 Å². The summed E-state index contributed by atoms with van der Waals surface area (Å²) in [7, 11) is 1.62. The Balaban J connectivity index is 1.61. The minimum absolute atomic E-state index is 0.0870. The molecule has 1 aromatic carbocycles. The highest BCUT2D eigenvalue weighted by Gasteiger charge is 2.13. The van der Waals surface area contributed by atoms with E-state index in [1.165, 1.54) is 0 Å². The van der Waals surface area contributed by atoms with Gasteiger partial charge in [-0.1, -0.05) is 12.1 Å². The van der Waals surface area contributed by atoms with Gasteiger partial charge in [-0.2, -0.15) is 4.98 Å². The summed E-state index contributed by atoms with van der Waals surface area (Å²) in [6.07, 6.45) is 1.76. The Bertz CT molecular complexity index is 684. The van der Waals surface area contributed by atoms with Crippen molar-refractivity contribution in [2.45, 2.75) is 6.54 Å². The fraction of sp³-hybridized carbons (Fsp3) is 0.353. The van der Waals surface area contributed by atoms with Crippen molar-refractivity contribution in [3.05, 3.63) is 47.7 Å². The standard InChI is InChI=1S/C17H21N5O2/c1-18-16(23)14-4-2-13(3-5-14)12-20-17-19-7-6-15(21-17)22-8-10-24-11-9-22/h2-7H,8-12H2,1H3,(H,18,23)(H,19,20,21). The maximum atomic E-state index is 11.5. The summed E-state index contributed by atoms with van der Waals surface area (Å²) in [5.41, 5.74) is 1.70. The molecule has 3 rings (SSSR count). The summed E-state index contributed by atoms with van der Waals surface area (Å²) < 4.78 is 5.36. The molecule has 2 aromatic rings. The highest BCUT2D eigenvalue weighted by atomic mass is 16.5. The molecule has 7 nitrogen and oxygen atoms in total. The lowest BCUT2D eigenvalue weighted by atomic mass is 10.1. The van der Waals surface area contributed by atoms with E-state index in [4.69, 9.17) is 4.74 Å². The molecule has 1 aliphatic heterocycles. The summed E-state index contributed by atoms with van der Waals surface area (Å²) in [5.74, 6) is 1.41. The average Bonchev–Trinajstić information content (AvgIpc) is 2.67. The summed E-state index contributed by atoms with van der Waals surface area (Å²) in [5, 5.41) is 5.83. The number of anilines is 2. The van der Waals surface area contributed by atoms with E-state index in [0.717, 1.165) is 37.7 Å². The molecule has 0 radical (unpaired) electrons. The molecule has 1 fully saturated rings. The molecule has 1 aromatic heterocycles. The van der Waals surface area contributed by atoms with Crippen LogP contribution in [0.15, 0.2) is 36.5 Å². The third-order valence-corrected chi connectivity index (χ3v) is 3.87. The molecule has 0 aliphatic carbocycles. The number of rotatable bonds is 5. The number of amides is 1. The molecule has 1 aliphatic rings. The van der Waals surface area contributed by atoms with Crippen LogP contribution in [0.25, 0.3) is 0 Å². The van der Waals surface area contributed by atoms with Crippen LogP contribution in [0.3, 0.4) is 0 Å². The molecular formula is C17H21N5O2. The molecular weight excluding hydrogens is 306 g/mol. The van der Waals surface area contributed by atoms with E-state index in [9.17, 15) is 4.79 Å². The van der Waals surface area contributed by atoms with Crippen molar-refractivity contribution in [1.29, 1.82) is 0 Å². The van der Waals surface area contributed by atoms with E-state index in [1.54, 1.807) is 25.4 Å². The Morgan fingerprint density at radius 1 is 1.21 bits per heavy atom. The topological polar surface area (TPSA) is 79.4 Å². The first-order valence-electron chi connectivity index (χ1n) is 7.97. The van der Waals surface area contributed by atoms with Gasteiger partial charge in [0.25, 0.3) is 5.91 Å². The van der Waals surface area contributed by atoms with Crippen LogP contribution in [0.2, 0.25) is 0 Å². The van der Waals surface area contributed by atoms with Gasteiger partial charge in [-0.3, -0.25) is 4.79 Å². The number of nitrogens with one attached hydrogen (secondary N) is 2. The van der Waals surface area contributed by atoms with Gasteiger partial charge >= 0.3 is 0 Å². The fourth-order valence-corrected chi connectivity index (χ4v) is 2.50. The molecule has 24 heavy (non-hydrogen) atoms. The first-order chi connectivity index (χ1) is 11.8. The van der Waals surface area contributed by atoms with Crippen molar-refractivity contribution >= 4 is 17.7 Å². The Morgan fingerprint density at radius 2 is 1.96 bits per heavy atom. The number of aromatic nitrogens is 2. The number of carbonyl (C=O) groups excluding carboxylic acids is 1. The van der Waals surface area contributed by atoms with Crippen LogP contribution in [0.1, 0.15) is 15.9 Å². The second-order valence-corrected chi connectivity index (χ2v) is 5.47. The highest BCUT2D eigenvalue weighted by molar-refractivity contribution is 5.93. The van der Waals surface area contributed by atoms with E-state index >= 15 is 0 Å². The van der Waals surface area contributed by atoms with Gasteiger partial charge < -0.3 is 20.3 Å². The maximum absolute atomic E-state index is 11.5. The second kappa shape index (κ2) is 7.74. The second-order valence-electron chi connectivity index (χ2n) is 5.47. The Hall–Kier alpha value is -2.67. The Kier molecular flexibility index (Phi) is 5.22. The zero-order valence-electron chi connectivity index (χ0n) is 13.7. The normalized spacial score (nSPS) is 14.3. The van der Waals surface area contributed by atoms with Crippen LogP contribution < -0.4 is 15.5 Å². The van der Waals surface area contributed by atoms with E-state index in [-0.39, 0.29) is 5.91 Å². The fourth-order valence-electron chi connectivity index (χ4n) is 2.50. The van der Waals surface area contributed by atoms with Gasteiger partial charge in [0.05, 0.1) is 13.2 Å². The summed E-state index contributed by atoms with van der Waals surface area (Å²) in [4.78, 5) is 22.5. The minimum atomic E-state index is -0.0870. The number of hydrogen-bond acceptors (Lipinski definition) is 6. The average molecular weight is 327 g/mol. The van der Waals surface area contributed by atoms with Crippen molar-refractivity contribution in [2.75, 3.05) is 43.6 Å². The first-order valence-corrected chi connectivity index (χ1v) is 7.97. The molecule has 0 saturated carbocycles. The van der Waals surface area contributed by atoms with Gasteiger partial charge in [0, 0.05) is 38.4 Å². The third-order valence-electron chi connectivity index (χ3n) is 3.87. The number of benzene rings is 1. The number of morpholine rings is 1. The van der Waals surface area contributed by atoms with Gasteiger partial charge in [0.1, 0.15) is 5.82 Å². The SMILES string of the molecule is CNC(=O)c1ccc(CNc2nccc(N3CCOCC3)n2)cc1. The van der Waals surface area contributed by atoms with Crippen molar-refractivity contribution in [1.82, 2.24) is 15.3 Å². The van der Waals surface area contributed by atoms with Crippen molar-refractivity contribution < 1.29 is 9.53 Å². The van der Waals surface area contributed by atoms with Gasteiger partial charge in [0.2, 0.25) is 5.95 Å². The van der Waals surface area contributed by atoms with Crippen molar-refractivity contribution in [3.8, 4) is 0 Å². The number of carbonyl (C=O) groups is 1. The lowest BCUT2D eigenvalue weighted by Gasteiger charge is -2.27. The van der Waals surface area contributed by atoms with Crippen LogP contribution in [0.5, 0.6) is 0 Å². The molecule has 0 unspecified atom stereocenters. The molecule has 1 saturated heterocycles. The number of hydrogen-bond donors (Lipinski definition) is 2. The number of nitrogens with zero attached hydrogens (tertiary/aromatic N) is 3. The van der Waals surface area contributed by atoms with Gasteiger partial charge in [-0.15, -0.1) is 0 Å². The molecule has 7 heteroatoms. The van der Waals surface area contributed by atoms with Crippen LogP contribution in [-0.4, -0.2) is 49.2 Å². The predicted octanol–water partition coefficient (Wildman–Crippen LogP) is 1.28. The van der Waals surface area contributed by atoms with E-state index < -0.39 is 0 Å². The van der Waals surface area contributed by atoms with Crippen LogP contribution in [0.4, 0.5) is 11.8 Å². The van der Waals surface area contributed by atoms with E-state index in [2.05, 4.69) is 25.5 Å². The Labute approximate surface area is 141 Å². The molecule has 2 N–H and O–H groups in total. The van der Waals surface area contributed by atoms with Crippen LogP contribution in [-0.2, 0) is 11.3 Å².